The summed E-state index contributed by atoms with van der Waals surface area (Å²) in [5.41, 5.74) is 4.96. The van der Waals surface area contributed by atoms with Gasteiger partial charge in [0.15, 0.2) is 11.5 Å². The Kier molecular flexibility index (Phi) is 5.06. The van der Waals surface area contributed by atoms with Gasteiger partial charge in [-0.05, 0) is 49.2 Å². The third-order valence-electron chi connectivity index (χ3n) is 6.67. The van der Waals surface area contributed by atoms with Crippen molar-refractivity contribution in [1.82, 2.24) is 24.1 Å². The van der Waals surface area contributed by atoms with Gasteiger partial charge < -0.3 is 10.6 Å². The van der Waals surface area contributed by atoms with Crippen LogP contribution in [0.15, 0.2) is 35.5 Å². The molecule has 1 aromatic carbocycles. The van der Waals surface area contributed by atoms with E-state index in [9.17, 15) is 31.6 Å². The maximum Gasteiger partial charge on any atom is 0.492 e. The van der Waals surface area contributed by atoms with Crippen molar-refractivity contribution < 1.29 is 31.2 Å². The number of carbonyl (C=O) groups is 1. The van der Waals surface area contributed by atoms with E-state index in [0.717, 1.165) is 0 Å². The van der Waals surface area contributed by atoms with Gasteiger partial charge in [0.1, 0.15) is 6.33 Å². The lowest BCUT2D eigenvalue weighted by Crippen LogP contribution is -2.58. The summed E-state index contributed by atoms with van der Waals surface area (Å²) in [6.07, 6.45) is -3.95. The highest BCUT2D eigenvalue weighted by molar-refractivity contribution is 7.89. The Bertz CT molecular complexity index is 1560. The molecule has 0 atom stereocenters. The van der Waals surface area contributed by atoms with Crippen molar-refractivity contribution in [2.45, 2.75) is 49.2 Å². The predicted molar refractivity (Wildman–Crippen MR) is 116 cm³/mol. The van der Waals surface area contributed by atoms with Crippen molar-refractivity contribution in [3.05, 3.63) is 36.3 Å². The maximum atomic E-state index is 13.7. The number of nitrogen functional groups attached to an aromatic ring is 1. The largest absolute Gasteiger partial charge is 0.492 e. The molecule has 3 aromatic rings. The Morgan fingerprint density at radius 3 is 2.67 bits per heavy atom. The number of sulfonamides is 1. The average Bonchev–Trinajstić information content (AvgIpc) is 3.46. The van der Waals surface area contributed by atoms with Gasteiger partial charge in [-0.25, -0.2) is 27.7 Å². The van der Waals surface area contributed by atoms with Gasteiger partial charge in [0.25, 0.3) is 10.0 Å². The zero-order valence-electron chi connectivity index (χ0n) is 18.7. The molecule has 6 rings (SSSR count). The van der Waals surface area contributed by atoms with Gasteiger partial charge in [0.2, 0.25) is 0 Å². The summed E-state index contributed by atoms with van der Waals surface area (Å²) in [5, 5.41) is 13.5. The monoisotopic (exact) mass is 521 g/mol. The first-order chi connectivity index (χ1) is 16.8. The molecule has 2 bridgehead atoms. The minimum Gasteiger partial charge on any atom is -0.381 e. The fourth-order valence-electron chi connectivity index (χ4n) is 5.14. The summed E-state index contributed by atoms with van der Waals surface area (Å²) < 4.78 is 68.0. The Morgan fingerprint density at radius 2 is 2.03 bits per heavy atom. The molecule has 3 aliphatic rings. The molecule has 11 nitrogen and oxygen atoms in total. The minimum absolute atomic E-state index is 0.0386. The van der Waals surface area contributed by atoms with E-state index in [1.807, 2.05) is 0 Å². The Balaban J connectivity index is 1.60. The number of nitrogens with two attached hydrogens (primary N) is 1. The SMILES string of the molecule is Cc1nc2c(N)ncnn2c1-c1cccc(S(=O)(=O)N(OC(=O)C(F)(F)F)C23CCC(C#N)(C2)C3)c1. The normalized spacial score (nSPS) is 23.4. The number of carbonyl (C=O) groups excluding carboxylic acids is 1. The highest BCUT2D eigenvalue weighted by atomic mass is 32.2. The molecule has 0 amide bonds. The van der Waals surface area contributed by atoms with Gasteiger partial charge in [0, 0.05) is 5.56 Å². The topological polar surface area (TPSA) is 157 Å². The number of nitriles is 1. The summed E-state index contributed by atoms with van der Waals surface area (Å²) in [7, 11) is -4.79. The van der Waals surface area contributed by atoms with Crippen LogP contribution in [0, 0.1) is 23.7 Å². The van der Waals surface area contributed by atoms with Gasteiger partial charge in [-0.15, -0.1) is 0 Å². The Morgan fingerprint density at radius 1 is 1.31 bits per heavy atom. The number of aryl methyl sites for hydroxylation is 1. The van der Waals surface area contributed by atoms with E-state index in [2.05, 4.69) is 26.0 Å². The fourth-order valence-corrected chi connectivity index (χ4v) is 6.76. The lowest BCUT2D eigenvalue weighted by Gasteiger charge is -2.47. The number of hydrogen-bond donors (Lipinski definition) is 1. The van der Waals surface area contributed by atoms with E-state index in [4.69, 9.17) is 5.73 Å². The molecular formula is C21H18F3N7O4S. The van der Waals surface area contributed by atoms with E-state index in [-0.39, 0.29) is 41.6 Å². The zero-order chi connectivity index (χ0) is 26.1. The molecule has 0 saturated heterocycles. The number of anilines is 1. The van der Waals surface area contributed by atoms with Crippen LogP contribution in [0.1, 0.15) is 31.4 Å². The summed E-state index contributed by atoms with van der Waals surface area (Å²) in [4.78, 5) is 24.0. The summed E-state index contributed by atoms with van der Waals surface area (Å²) >= 11 is 0. The minimum atomic E-state index is -5.42. The van der Waals surface area contributed by atoms with E-state index in [1.165, 1.54) is 29.0 Å². The van der Waals surface area contributed by atoms with E-state index in [1.54, 1.807) is 13.0 Å². The third-order valence-corrected chi connectivity index (χ3v) is 8.42. The Labute approximate surface area is 202 Å². The first-order valence-electron chi connectivity index (χ1n) is 10.6. The van der Waals surface area contributed by atoms with Crippen molar-refractivity contribution in [1.29, 1.82) is 5.26 Å². The number of halogens is 3. The number of imidazole rings is 1. The van der Waals surface area contributed by atoms with Crippen molar-refractivity contribution >= 4 is 27.5 Å². The first-order valence-corrected chi connectivity index (χ1v) is 12.1. The molecule has 3 fully saturated rings. The average molecular weight is 521 g/mol. The van der Waals surface area contributed by atoms with Crippen LogP contribution in [0.5, 0.6) is 0 Å². The summed E-state index contributed by atoms with van der Waals surface area (Å²) in [6.45, 7) is 1.65. The number of alkyl halides is 3. The Hall–Kier alpha value is -3.77. The molecule has 0 radical (unpaired) electrons. The molecule has 36 heavy (non-hydrogen) atoms. The van der Waals surface area contributed by atoms with Crippen molar-refractivity contribution in [2.75, 3.05) is 5.73 Å². The molecule has 0 spiro atoms. The standard InChI is InChI=1S/C21H18F3N7O4S/c1-12-15(30-17(29-12)16(26)27-11-28-30)13-3-2-4-14(7-13)36(33,34)31(35-18(32)21(22,23)24)20-6-5-19(8-20,9-20)10-25/h2-4,7,11H,5-6,8-9H2,1H3,(H2,26,27,28). The number of benzene rings is 1. The van der Waals surface area contributed by atoms with Crippen LogP contribution in [0.25, 0.3) is 16.9 Å². The van der Waals surface area contributed by atoms with Gasteiger partial charge >= 0.3 is 12.1 Å². The molecule has 2 N–H and O–H groups in total. The quantitative estimate of drug-likeness (QED) is 0.498. The molecular weight excluding hydrogens is 503 g/mol. The smallest absolute Gasteiger partial charge is 0.381 e. The summed E-state index contributed by atoms with van der Waals surface area (Å²) in [6, 6.07) is 7.46. The molecule has 188 valence electrons. The number of fused-ring (bicyclic) bond motifs is 2. The first kappa shape index (κ1) is 23.9. The van der Waals surface area contributed by atoms with Crippen molar-refractivity contribution in [3.63, 3.8) is 0 Å². The third kappa shape index (κ3) is 3.47. The number of nitrogens with zero attached hydrogens (tertiary/aromatic N) is 6. The van der Waals surface area contributed by atoms with Crippen LogP contribution in [-0.2, 0) is 19.7 Å². The van der Waals surface area contributed by atoms with E-state index < -0.39 is 38.0 Å². The molecule has 15 heteroatoms. The second-order valence-corrected chi connectivity index (χ2v) is 10.8. The van der Waals surface area contributed by atoms with Crippen molar-refractivity contribution in [3.8, 4) is 17.3 Å². The van der Waals surface area contributed by atoms with Gasteiger partial charge in [-0.3, -0.25) is 0 Å². The van der Waals surface area contributed by atoms with Crippen LogP contribution in [0.4, 0.5) is 19.0 Å². The predicted octanol–water partition coefficient (Wildman–Crippen LogP) is 2.53. The van der Waals surface area contributed by atoms with Crippen molar-refractivity contribution in [2.24, 2.45) is 5.41 Å². The highest BCUT2D eigenvalue weighted by Crippen LogP contribution is 2.64. The van der Waals surface area contributed by atoms with Gasteiger partial charge in [0.05, 0.1) is 33.3 Å². The number of hydroxylamine groups is 1. The maximum absolute atomic E-state index is 13.7. The van der Waals surface area contributed by atoms with Crippen LogP contribution < -0.4 is 5.73 Å². The molecule has 3 saturated carbocycles. The number of hydrogen-bond acceptors (Lipinski definition) is 9. The van der Waals surface area contributed by atoms with Crippen LogP contribution >= 0.6 is 0 Å². The fraction of sp³-hybridized carbons (Fsp3) is 0.381. The molecule has 3 aliphatic carbocycles. The van der Waals surface area contributed by atoms with Crippen LogP contribution in [-0.4, -0.2) is 50.2 Å². The van der Waals surface area contributed by atoms with E-state index >= 15 is 0 Å². The molecule has 2 heterocycles. The van der Waals surface area contributed by atoms with Gasteiger partial charge in [-0.1, -0.05) is 12.1 Å². The molecule has 0 aliphatic heterocycles. The number of aromatic nitrogens is 4. The lowest BCUT2D eigenvalue weighted by molar-refractivity contribution is -0.241. The lowest BCUT2D eigenvalue weighted by atomic mass is 9.66. The highest BCUT2D eigenvalue weighted by Gasteiger charge is 2.68. The molecule has 2 aromatic heterocycles. The summed E-state index contributed by atoms with van der Waals surface area (Å²) in [5.74, 6) is -2.57. The second-order valence-electron chi connectivity index (χ2n) is 9.03. The van der Waals surface area contributed by atoms with E-state index in [0.29, 0.717) is 17.0 Å². The number of rotatable bonds is 5. The van der Waals surface area contributed by atoms with Crippen LogP contribution in [0.2, 0.25) is 0 Å². The zero-order valence-corrected chi connectivity index (χ0v) is 19.5. The van der Waals surface area contributed by atoms with Crippen LogP contribution in [0.3, 0.4) is 0 Å². The second kappa shape index (κ2) is 7.61. The van der Waals surface area contributed by atoms with Gasteiger partial charge in [-0.2, -0.15) is 23.5 Å². The molecule has 0 unspecified atom stereocenters.